The van der Waals surface area contributed by atoms with Gasteiger partial charge < -0.3 is 33.8 Å². The highest BCUT2D eigenvalue weighted by atomic mass is 31.2. The zero-order valence-corrected chi connectivity index (χ0v) is 64.3. The van der Waals surface area contributed by atoms with Crippen molar-refractivity contribution in [2.45, 2.75) is 425 Å². The zero-order chi connectivity index (χ0) is 70.5. The largest absolute Gasteiger partial charge is 0.472 e. The molecule has 0 spiro atoms. The summed E-state index contributed by atoms with van der Waals surface area (Å²) in [5.41, 5.74) is 0. The third kappa shape index (κ3) is 70.5. The van der Waals surface area contributed by atoms with Gasteiger partial charge in [0.15, 0.2) is 12.2 Å². The molecule has 570 valence electrons. The molecule has 0 saturated heterocycles. The molecule has 19 heteroatoms. The van der Waals surface area contributed by atoms with Crippen molar-refractivity contribution in [2.75, 3.05) is 39.6 Å². The number of unbranched alkanes of at least 4 members (excludes halogenated alkanes) is 49. The summed E-state index contributed by atoms with van der Waals surface area (Å²) >= 11 is 0. The maximum atomic E-state index is 13.1. The summed E-state index contributed by atoms with van der Waals surface area (Å²) in [7, 11) is -9.90. The predicted molar refractivity (Wildman–Crippen MR) is 391 cm³/mol. The van der Waals surface area contributed by atoms with Gasteiger partial charge in [-0.25, -0.2) is 9.13 Å². The minimum Gasteiger partial charge on any atom is -0.462 e. The molecule has 0 aliphatic heterocycles. The molecule has 0 aromatic heterocycles. The lowest BCUT2D eigenvalue weighted by Crippen LogP contribution is -2.30. The SMILES string of the molecule is CCCCCCCCCCCCCCCCCCCCCCC(=O)OC[C@H](COP(=O)(O)OC[C@@H](O)COP(=O)(O)OC[C@@H](COC(=O)CCCCCCC)OC(=O)CCCCCCCCCCC(C)C)OC(=O)CCCCCCCCCCCCCCCCCCCCCC. The van der Waals surface area contributed by atoms with E-state index in [1.165, 1.54) is 225 Å². The Morgan fingerprint density at radius 3 is 0.708 bits per heavy atom. The van der Waals surface area contributed by atoms with Gasteiger partial charge in [0.25, 0.3) is 0 Å². The number of aliphatic hydroxyl groups excluding tert-OH is 1. The zero-order valence-electron chi connectivity index (χ0n) is 62.5. The number of hydrogen-bond donors (Lipinski definition) is 3. The first-order chi connectivity index (χ1) is 46.5. The van der Waals surface area contributed by atoms with E-state index in [4.69, 9.17) is 37.0 Å². The Kier molecular flexibility index (Phi) is 68.7. The van der Waals surface area contributed by atoms with Gasteiger partial charge in [-0.2, -0.15) is 0 Å². The fraction of sp³-hybridized carbons (Fsp3) is 0.948. The number of phosphoric acid groups is 2. The molecule has 0 rings (SSSR count). The van der Waals surface area contributed by atoms with Crippen molar-refractivity contribution in [1.82, 2.24) is 0 Å². The Labute approximate surface area is 588 Å². The molecule has 0 bridgehead atoms. The smallest absolute Gasteiger partial charge is 0.462 e. The van der Waals surface area contributed by atoms with Crippen molar-refractivity contribution in [3.05, 3.63) is 0 Å². The summed E-state index contributed by atoms with van der Waals surface area (Å²) in [4.78, 5) is 72.5. The first kappa shape index (κ1) is 94.1. The van der Waals surface area contributed by atoms with Crippen LogP contribution in [0.1, 0.15) is 407 Å². The molecule has 2 unspecified atom stereocenters. The third-order valence-electron chi connectivity index (χ3n) is 18.0. The molecular formula is C77H150O17P2. The standard InChI is InChI=1S/C77H150O17P2/c1-6-9-12-15-17-19-21-23-25-27-29-31-33-35-37-39-41-46-51-56-61-75(80)88-67-73(94-76(81)62-57-52-47-42-40-38-36-34-32-30-28-26-24-22-20-18-16-13-10-7-2)69-92-96(85,86)90-65-71(78)64-89-95(83,84)91-68-72(66-87-74(79)60-55-49-14-11-8-3)93-77(82)63-58-53-48-44-43-45-50-54-59-70(4)5/h70-73,78H,6-69H2,1-5H3,(H,83,84)(H,85,86)/t71-,72+,73+/m0/s1. The van der Waals surface area contributed by atoms with Crippen molar-refractivity contribution >= 4 is 39.5 Å². The van der Waals surface area contributed by atoms with Crippen LogP contribution >= 0.6 is 15.6 Å². The lowest BCUT2D eigenvalue weighted by atomic mass is 10.0. The quantitative estimate of drug-likeness (QED) is 0.0222. The maximum Gasteiger partial charge on any atom is 0.472 e. The van der Waals surface area contributed by atoms with Crippen LogP contribution < -0.4 is 0 Å². The molecule has 0 aliphatic rings. The average Bonchev–Trinajstić information content (AvgIpc) is 1.69. The van der Waals surface area contributed by atoms with E-state index in [1.54, 1.807) is 0 Å². The average molecular weight is 1410 g/mol. The van der Waals surface area contributed by atoms with E-state index >= 15 is 0 Å². The molecule has 0 saturated carbocycles. The van der Waals surface area contributed by atoms with Gasteiger partial charge in [0.1, 0.15) is 19.3 Å². The minimum absolute atomic E-state index is 0.104. The Hall–Kier alpha value is -1.94. The van der Waals surface area contributed by atoms with Crippen molar-refractivity contribution in [3.8, 4) is 0 Å². The van der Waals surface area contributed by atoms with E-state index < -0.39 is 97.5 Å². The molecule has 96 heavy (non-hydrogen) atoms. The molecular weight excluding hydrogens is 1260 g/mol. The number of hydrogen-bond acceptors (Lipinski definition) is 15. The number of carbonyl (C=O) groups is 4. The van der Waals surface area contributed by atoms with Crippen LogP contribution in [-0.2, 0) is 65.4 Å². The van der Waals surface area contributed by atoms with Crippen LogP contribution in [0.3, 0.4) is 0 Å². The molecule has 0 heterocycles. The van der Waals surface area contributed by atoms with Crippen LogP contribution in [0.15, 0.2) is 0 Å². The van der Waals surface area contributed by atoms with E-state index in [0.717, 1.165) is 102 Å². The molecule has 0 fully saturated rings. The van der Waals surface area contributed by atoms with Crippen molar-refractivity contribution in [2.24, 2.45) is 5.92 Å². The van der Waals surface area contributed by atoms with Crippen molar-refractivity contribution in [3.63, 3.8) is 0 Å². The van der Waals surface area contributed by atoms with Crippen molar-refractivity contribution < 1.29 is 80.2 Å². The van der Waals surface area contributed by atoms with Gasteiger partial charge in [-0.05, 0) is 31.6 Å². The summed E-state index contributed by atoms with van der Waals surface area (Å²) in [6.07, 6.45) is 60.4. The molecule has 0 aromatic carbocycles. The van der Waals surface area contributed by atoms with E-state index in [1.807, 2.05) is 0 Å². The van der Waals surface area contributed by atoms with Gasteiger partial charge >= 0.3 is 39.5 Å². The number of aliphatic hydroxyl groups is 1. The Bertz CT molecular complexity index is 1840. The molecule has 0 radical (unpaired) electrons. The fourth-order valence-corrected chi connectivity index (χ4v) is 13.5. The van der Waals surface area contributed by atoms with E-state index in [2.05, 4.69) is 34.6 Å². The third-order valence-corrected chi connectivity index (χ3v) is 19.9. The molecule has 0 aromatic rings. The highest BCUT2D eigenvalue weighted by molar-refractivity contribution is 7.47. The van der Waals surface area contributed by atoms with Crippen LogP contribution in [0.25, 0.3) is 0 Å². The number of carbonyl (C=O) groups excluding carboxylic acids is 4. The summed E-state index contributed by atoms with van der Waals surface area (Å²) < 4.78 is 68.3. The van der Waals surface area contributed by atoms with Gasteiger partial charge in [-0.1, -0.05) is 356 Å². The van der Waals surface area contributed by atoms with Gasteiger partial charge in [0.05, 0.1) is 26.4 Å². The summed E-state index contributed by atoms with van der Waals surface area (Å²) in [5, 5.41) is 10.6. The minimum atomic E-state index is -4.96. The fourth-order valence-electron chi connectivity index (χ4n) is 11.9. The Balaban J connectivity index is 5.11. The lowest BCUT2D eigenvalue weighted by molar-refractivity contribution is -0.161. The van der Waals surface area contributed by atoms with Crippen LogP contribution in [0.5, 0.6) is 0 Å². The van der Waals surface area contributed by atoms with Crippen LogP contribution in [-0.4, -0.2) is 96.7 Å². The van der Waals surface area contributed by atoms with Gasteiger partial charge in [0.2, 0.25) is 0 Å². The molecule has 3 N–H and O–H groups in total. The van der Waals surface area contributed by atoms with Gasteiger partial charge in [-0.3, -0.25) is 37.3 Å². The molecule has 0 amide bonds. The normalized spacial score (nSPS) is 13.9. The first-order valence-corrected chi connectivity index (χ1v) is 43.1. The summed E-state index contributed by atoms with van der Waals surface area (Å²) in [6, 6.07) is 0. The van der Waals surface area contributed by atoms with Crippen molar-refractivity contribution in [1.29, 1.82) is 0 Å². The first-order valence-electron chi connectivity index (χ1n) is 40.1. The molecule has 0 aliphatic carbocycles. The van der Waals surface area contributed by atoms with E-state index in [0.29, 0.717) is 25.7 Å². The Morgan fingerprint density at radius 2 is 0.479 bits per heavy atom. The lowest BCUT2D eigenvalue weighted by Gasteiger charge is -2.21. The number of phosphoric ester groups is 2. The van der Waals surface area contributed by atoms with Crippen LogP contribution in [0.2, 0.25) is 0 Å². The number of ether oxygens (including phenoxy) is 4. The van der Waals surface area contributed by atoms with E-state index in [-0.39, 0.29) is 25.7 Å². The Morgan fingerprint density at radius 1 is 0.281 bits per heavy atom. The molecule has 5 atom stereocenters. The van der Waals surface area contributed by atoms with Gasteiger partial charge in [-0.15, -0.1) is 0 Å². The van der Waals surface area contributed by atoms with Gasteiger partial charge in [0, 0.05) is 25.7 Å². The predicted octanol–water partition coefficient (Wildman–Crippen LogP) is 22.9. The van der Waals surface area contributed by atoms with E-state index in [9.17, 15) is 43.2 Å². The number of esters is 4. The van der Waals surface area contributed by atoms with Crippen LogP contribution in [0.4, 0.5) is 0 Å². The second kappa shape index (κ2) is 70.1. The topological polar surface area (TPSA) is 237 Å². The highest BCUT2D eigenvalue weighted by Gasteiger charge is 2.30. The maximum absolute atomic E-state index is 13.1. The monoisotopic (exact) mass is 1410 g/mol. The van der Waals surface area contributed by atoms with Crippen LogP contribution in [0, 0.1) is 5.92 Å². The summed E-state index contributed by atoms with van der Waals surface area (Å²) in [5.74, 6) is -1.41. The second-order valence-corrected chi connectivity index (χ2v) is 31.1. The highest BCUT2D eigenvalue weighted by Crippen LogP contribution is 2.45. The molecule has 17 nitrogen and oxygen atoms in total. The summed E-state index contributed by atoms with van der Waals surface area (Å²) in [6.45, 7) is 7.16. The number of rotatable bonds is 77. The second-order valence-electron chi connectivity index (χ2n) is 28.2.